The van der Waals surface area contributed by atoms with Crippen LogP contribution in [0, 0.1) is 0 Å². The van der Waals surface area contributed by atoms with Gasteiger partial charge in [0.05, 0.1) is 18.6 Å². The van der Waals surface area contributed by atoms with Gasteiger partial charge in [0.2, 0.25) is 0 Å². The van der Waals surface area contributed by atoms with Crippen LogP contribution in [0.4, 0.5) is 0 Å². The van der Waals surface area contributed by atoms with Gasteiger partial charge in [0.25, 0.3) is 0 Å². The van der Waals surface area contributed by atoms with Gasteiger partial charge >= 0.3 is 5.97 Å². The molecule has 0 saturated heterocycles. The van der Waals surface area contributed by atoms with E-state index in [1.54, 1.807) is 12.1 Å². The molecule has 0 amide bonds. The van der Waals surface area contributed by atoms with Gasteiger partial charge in [-0.15, -0.1) is 0 Å². The van der Waals surface area contributed by atoms with Crippen molar-refractivity contribution in [3.8, 4) is 5.75 Å². The number of carbonyl (C=O) groups is 1. The molecule has 0 spiro atoms. The lowest BCUT2D eigenvalue weighted by Gasteiger charge is -2.05. The molecule has 0 aromatic heterocycles. The Morgan fingerprint density at radius 2 is 1.82 bits per heavy atom. The number of hydrogen-bond acceptors (Lipinski definition) is 5. The molecule has 0 aliphatic carbocycles. The van der Waals surface area contributed by atoms with Crippen molar-refractivity contribution in [2.75, 3.05) is 19.5 Å². The number of rotatable bonds is 5. The van der Waals surface area contributed by atoms with Crippen LogP contribution in [-0.2, 0) is 19.4 Å². The van der Waals surface area contributed by atoms with Crippen molar-refractivity contribution in [3.05, 3.63) is 24.3 Å². The van der Waals surface area contributed by atoms with E-state index >= 15 is 0 Å². The summed E-state index contributed by atoms with van der Waals surface area (Å²) in [4.78, 5) is 11.0. The first-order chi connectivity index (χ1) is 7.99. The van der Waals surface area contributed by atoms with Gasteiger partial charge in [-0.3, -0.25) is 4.79 Å². The highest BCUT2D eigenvalue weighted by Crippen LogP contribution is 2.17. The van der Waals surface area contributed by atoms with Crippen molar-refractivity contribution >= 4 is 15.8 Å². The predicted octanol–water partition coefficient (Wildman–Crippen LogP) is 1.03. The minimum Gasteiger partial charge on any atom is -0.494 e. The zero-order valence-electron chi connectivity index (χ0n) is 9.67. The van der Waals surface area contributed by atoms with Gasteiger partial charge in [-0.1, -0.05) is 0 Å². The average Bonchev–Trinajstić information content (AvgIpc) is 2.29. The topological polar surface area (TPSA) is 69.7 Å². The zero-order chi connectivity index (χ0) is 12.9. The molecule has 0 saturated carbocycles. The van der Waals surface area contributed by atoms with Crippen molar-refractivity contribution in [2.45, 2.75) is 11.8 Å². The normalized spacial score (nSPS) is 10.9. The van der Waals surface area contributed by atoms with Gasteiger partial charge in [-0.2, -0.15) is 0 Å². The molecule has 0 radical (unpaired) electrons. The summed E-state index contributed by atoms with van der Waals surface area (Å²) in [6.45, 7) is 2.34. The van der Waals surface area contributed by atoms with Crippen LogP contribution in [0.1, 0.15) is 6.92 Å². The van der Waals surface area contributed by atoms with Gasteiger partial charge in [-0.25, -0.2) is 8.42 Å². The highest BCUT2D eigenvalue weighted by atomic mass is 32.2. The Morgan fingerprint density at radius 3 is 2.29 bits per heavy atom. The minimum absolute atomic E-state index is 0.0753. The smallest absolute Gasteiger partial charge is 0.321 e. The summed E-state index contributed by atoms with van der Waals surface area (Å²) in [5.74, 6) is -0.847. The zero-order valence-corrected chi connectivity index (χ0v) is 10.5. The Bertz CT molecular complexity index is 475. The lowest BCUT2D eigenvalue weighted by atomic mass is 10.3. The van der Waals surface area contributed by atoms with Crippen molar-refractivity contribution < 1.29 is 22.7 Å². The first kappa shape index (κ1) is 13.5. The number of methoxy groups -OCH3 is 1. The van der Waals surface area contributed by atoms with Crippen LogP contribution in [-0.4, -0.2) is 33.9 Å². The SMILES string of the molecule is CCOc1ccc(S(=O)(=O)CC(=O)OC)cc1. The van der Waals surface area contributed by atoms with Crippen LogP contribution in [0.15, 0.2) is 29.2 Å². The maximum atomic E-state index is 11.7. The second-order valence-corrected chi connectivity index (χ2v) is 5.23. The first-order valence-electron chi connectivity index (χ1n) is 5.02. The summed E-state index contributed by atoms with van der Waals surface area (Å²) in [7, 11) is -2.48. The fourth-order valence-electron chi connectivity index (χ4n) is 1.21. The number of sulfone groups is 1. The molecule has 94 valence electrons. The Morgan fingerprint density at radius 1 is 1.24 bits per heavy atom. The summed E-state index contributed by atoms with van der Waals surface area (Å²) in [6.07, 6.45) is 0. The summed E-state index contributed by atoms with van der Waals surface area (Å²) < 4.78 is 33.0. The van der Waals surface area contributed by atoms with Gasteiger partial charge in [0.15, 0.2) is 15.6 Å². The Balaban J connectivity index is 2.88. The van der Waals surface area contributed by atoms with Crippen molar-refractivity contribution in [1.29, 1.82) is 0 Å². The van der Waals surface area contributed by atoms with Crippen LogP contribution >= 0.6 is 0 Å². The monoisotopic (exact) mass is 258 g/mol. The quantitative estimate of drug-likeness (QED) is 0.738. The van der Waals surface area contributed by atoms with Gasteiger partial charge < -0.3 is 9.47 Å². The van der Waals surface area contributed by atoms with E-state index in [2.05, 4.69) is 4.74 Å². The molecule has 0 N–H and O–H groups in total. The average molecular weight is 258 g/mol. The Labute approximate surface area is 100 Å². The van der Waals surface area contributed by atoms with E-state index < -0.39 is 21.6 Å². The molecular formula is C11H14O5S. The van der Waals surface area contributed by atoms with Gasteiger partial charge in [0, 0.05) is 0 Å². The second kappa shape index (κ2) is 5.67. The molecule has 1 rings (SSSR count). The van der Waals surface area contributed by atoms with E-state index in [1.807, 2.05) is 6.92 Å². The standard InChI is InChI=1S/C11H14O5S/c1-3-16-9-4-6-10(7-5-9)17(13,14)8-11(12)15-2/h4-7H,3,8H2,1-2H3. The van der Waals surface area contributed by atoms with Crippen LogP contribution < -0.4 is 4.74 Å². The molecule has 1 aromatic rings. The molecule has 0 aliphatic heterocycles. The van der Waals surface area contributed by atoms with Crippen molar-refractivity contribution in [2.24, 2.45) is 0 Å². The number of esters is 1. The summed E-state index contributed by atoms with van der Waals surface area (Å²) in [6, 6.07) is 5.91. The van der Waals surface area contributed by atoms with E-state index in [-0.39, 0.29) is 4.90 Å². The number of hydrogen-bond donors (Lipinski definition) is 0. The van der Waals surface area contributed by atoms with Crippen molar-refractivity contribution in [3.63, 3.8) is 0 Å². The van der Waals surface area contributed by atoms with Crippen LogP contribution in [0.5, 0.6) is 5.75 Å². The van der Waals surface area contributed by atoms with E-state index in [4.69, 9.17) is 4.74 Å². The summed E-state index contributed by atoms with van der Waals surface area (Å²) >= 11 is 0. The summed E-state index contributed by atoms with van der Waals surface area (Å²) in [5, 5.41) is 0. The molecule has 1 aromatic carbocycles. The summed E-state index contributed by atoms with van der Waals surface area (Å²) in [5.41, 5.74) is 0. The van der Waals surface area contributed by atoms with E-state index in [0.29, 0.717) is 12.4 Å². The number of carbonyl (C=O) groups excluding carboxylic acids is 1. The van der Waals surface area contributed by atoms with Gasteiger partial charge in [0.1, 0.15) is 5.75 Å². The predicted molar refractivity (Wildman–Crippen MR) is 61.7 cm³/mol. The molecule has 17 heavy (non-hydrogen) atoms. The highest BCUT2D eigenvalue weighted by Gasteiger charge is 2.19. The molecule has 0 bridgehead atoms. The molecule has 6 heteroatoms. The molecule has 0 unspecified atom stereocenters. The third-order valence-electron chi connectivity index (χ3n) is 2.03. The van der Waals surface area contributed by atoms with Crippen LogP contribution in [0.25, 0.3) is 0 Å². The first-order valence-corrected chi connectivity index (χ1v) is 6.67. The molecule has 5 nitrogen and oxygen atoms in total. The Hall–Kier alpha value is -1.56. The van der Waals surface area contributed by atoms with Crippen LogP contribution in [0.2, 0.25) is 0 Å². The van der Waals surface area contributed by atoms with E-state index in [9.17, 15) is 13.2 Å². The molecule has 0 atom stereocenters. The lowest BCUT2D eigenvalue weighted by Crippen LogP contribution is -2.17. The maximum absolute atomic E-state index is 11.7. The minimum atomic E-state index is -3.63. The van der Waals surface area contributed by atoms with Crippen molar-refractivity contribution in [1.82, 2.24) is 0 Å². The maximum Gasteiger partial charge on any atom is 0.321 e. The van der Waals surface area contributed by atoms with E-state index in [0.717, 1.165) is 7.11 Å². The molecular weight excluding hydrogens is 244 g/mol. The molecule has 0 aliphatic rings. The van der Waals surface area contributed by atoms with E-state index in [1.165, 1.54) is 12.1 Å². The number of ether oxygens (including phenoxy) is 2. The highest BCUT2D eigenvalue weighted by molar-refractivity contribution is 7.92. The fraction of sp³-hybridized carbons (Fsp3) is 0.364. The second-order valence-electron chi connectivity index (χ2n) is 3.24. The third-order valence-corrected chi connectivity index (χ3v) is 3.64. The Kier molecular flexibility index (Phi) is 4.51. The molecule has 0 fully saturated rings. The fourth-order valence-corrected chi connectivity index (χ4v) is 2.35. The molecule has 0 heterocycles. The van der Waals surface area contributed by atoms with Gasteiger partial charge in [-0.05, 0) is 31.2 Å². The largest absolute Gasteiger partial charge is 0.494 e. The van der Waals surface area contributed by atoms with Crippen LogP contribution in [0.3, 0.4) is 0 Å². The lowest BCUT2D eigenvalue weighted by molar-refractivity contribution is -0.137. The third kappa shape index (κ3) is 3.74. The number of benzene rings is 1.